The molecule has 1 aliphatic heterocycles. The Morgan fingerprint density at radius 2 is 1.58 bits per heavy atom. The van der Waals surface area contributed by atoms with Gasteiger partial charge < -0.3 is 4.74 Å². The Morgan fingerprint density at radius 3 is 2.30 bits per heavy atom. The average Bonchev–Trinajstić information content (AvgIpc) is 3.06. The van der Waals surface area contributed by atoms with Crippen molar-refractivity contribution in [2.75, 3.05) is 26.2 Å². The van der Waals surface area contributed by atoms with Crippen LogP contribution >= 0.6 is 0 Å². The molecule has 7 heteroatoms. The highest BCUT2D eigenvalue weighted by atomic mass is 32.2. The highest BCUT2D eigenvalue weighted by molar-refractivity contribution is 7.89. The number of ether oxygens (including phenoxy) is 1. The lowest BCUT2D eigenvalue weighted by molar-refractivity contribution is -0.131. The van der Waals surface area contributed by atoms with Gasteiger partial charge in [-0.3, -0.25) is 9.69 Å². The number of hydrogen-bond acceptors (Lipinski definition) is 5. The predicted molar refractivity (Wildman–Crippen MR) is 128 cm³/mol. The molecule has 33 heavy (non-hydrogen) atoms. The molecule has 0 unspecified atom stereocenters. The van der Waals surface area contributed by atoms with E-state index in [1.807, 2.05) is 60.7 Å². The van der Waals surface area contributed by atoms with E-state index in [4.69, 9.17) is 4.74 Å². The molecule has 3 aromatic rings. The number of carbonyl (C=O) groups is 1. The number of esters is 1. The number of benzene rings is 3. The van der Waals surface area contributed by atoms with Crippen molar-refractivity contribution >= 4 is 16.0 Å². The number of sulfonamides is 1. The number of nitrogens with zero attached hydrogens (tertiary/aromatic N) is 2. The maximum atomic E-state index is 13.3. The Labute approximate surface area is 195 Å². The summed E-state index contributed by atoms with van der Waals surface area (Å²) in [5.41, 5.74) is 3.08. The fourth-order valence-corrected chi connectivity index (χ4v) is 5.55. The van der Waals surface area contributed by atoms with Gasteiger partial charge in [0.2, 0.25) is 10.0 Å². The molecule has 3 aromatic carbocycles. The van der Waals surface area contributed by atoms with Crippen molar-refractivity contribution in [3.8, 4) is 16.9 Å². The first-order valence-corrected chi connectivity index (χ1v) is 12.5. The van der Waals surface area contributed by atoms with Crippen LogP contribution in [0.5, 0.6) is 5.75 Å². The van der Waals surface area contributed by atoms with Crippen molar-refractivity contribution in [1.29, 1.82) is 0 Å². The third-order valence-corrected chi connectivity index (χ3v) is 7.63. The van der Waals surface area contributed by atoms with Crippen molar-refractivity contribution in [2.45, 2.75) is 24.8 Å². The zero-order chi connectivity index (χ0) is 23.3. The van der Waals surface area contributed by atoms with Crippen LogP contribution in [0.2, 0.25) is 0 Å². The van der Waals surface area contributed by atoms with Crippen LogP contribution < -0.4 is 4.74 Å². The zero-order valence-corrected chi connectivity index (χ0v) is 19.5. The minimum Gasteiger partial charge on any atom is -0.427 e. The molecule has 1 saturated heterocycles. The second-order valence-corrected chi connectivity index (χ2v) is 10.1. The quantitative estimate of drug-likeness (QED) is 0.405. The zero-order valence-electron chi connectivity index (χ0n) is 18.7. The van der Waals surface area contributed by atoms with E-state index in [-0.39, 0.29) is 5.97 Å². The van der Waals surface area contributed by atoms with E-state index in [0.717, 1.165) is 29.7 Å². The van der Waals surface area contributed by atoms with Crippen LogP contribution in [0.3, 0.4) is 0 Å². The number of carbonyl (C=O) groups excluding carboxylic acids is 1. The van der Waals surface area contributed by atoms with E-state index in [9.17, 15) is 13.2 Å². The fourth-order valence-electron chi connectivity index (χ4n) is 4.08. The lowest BCUT2D eigenvalue weighted by Crippen LogP contribution is -2.35. The van der Waals surface area contributed by atoms with Gasteiger partial charge in [-0.25, -0.2) is 8.42 Å². The minimum atomic E-state index is -3.55. The van der Waals surface area contributed by atoms with Gasteiger partial charge in [0.05, 0.1) is 4.90 Å². The molecule has 0 aliphatic carbocycles. The summed E-state index contributed by atoms with van der Waals surface area (Å²) in [6.45, 7) is 4.43. The molecule has 0 bridgehead atoms. The first-order chi connectivity index (χ1) is 15.9. The molecule has 0 atom stereocenters. The molecule has 1 aliphatic rings. The summed E-state index contributed by atoms with van der Waals surface area (Å²) in [4.78, 5) is 13.8. The van der Waals surface area contributed by atoms with Gasteiger partial charge in [0.15, 0.2) is 0 Å². The van der Waals surface area contributed by atoms with Crippen LogP contribution in [0, 0.1) is 0 Å². The van der Waals surface area contributed by atoms with Crippen LogP contribution in [-0.2, 0) is 21.4 Å². The Hall–Kier alpha value is -3.00. The largest absolute Gasteiger partial charge is 0.427 e. The SMILES string of the molecule is CC(=O)Oc1cccc(CN2CCCN(S(=O)(=O)c3ccc(-c4ccccc4)cc3)CC2)c1. The van der Waals surface area contributed by atoms with E-state index in [1.54, 1.807) is 22.5 Å². The van der Waals surface area contributed by atoms with Crippen LogP contribution in [-0.4, -0.2) is 49.8 Å². The second kappa shape index (κ2) is 10.3. The van der Waals surface area contributed by atoms with E-state index in [2.05, 4.69) is 4.90 Å². The van der Waals surface area contributed by atoms with Gasteiger partial charge in [0.25, 0.3) is 0 Å². The lowest BCUT2D eigenvalue weighted by Gasteiger charge is -2.22. The molecule has 0 radical (unpaired) electrons. The summed E-state index contributed by atoms with van der Waals surface area (Å²) in [5, 5.41) is 0. The van der Waals surface area contributed by atoms with Gasteiger partial charge in [0, 0.05) is 33.1 Å². The highest BCUT2D eigenvalue weighted by Crippen LogP contribution is 2.24. The third-order valence-electron chi connectivity index (χ3n) is 5.71. The van der Waals surface area contributed by atoms with Crippen LogP contribution in [0.25, 0.3) is 11.1 Å². The normalized spacial score (nSPS) is 15.7. The van der Waals surface area contributed by atoms with Crippen molar-refractivity contribution in [3.05, 3.63) is 84.4 Å². The summed E-state index contributed by atoms with van der Waals surface area (Å²) in [7, 11) is -3.55. The first-order valence-electron chi connectivity index (χ1n) is 11.1. The molecule has 6 nitrogen and oxygen atoms in total. The topological polar surface area (TPSA) is 66.9 Å². The molecule has 0 amide bonds. The summed E-state index contributed by atoms with van der Waals surface area (Å²) < 4.78 is 33.3. The summed E-state index contributed by atoms with van der Waals surface area (Å²) in [5.74, 6) is 0.178. The second-order valence-electron chi connectivity index (χ2n) is 8.17. The van der Waals surface area contributed by atoms with Gasteiger partial charge >= 0.3 is 5.97 Å². The third kappa shape index (κ3) is 5.87. The van der Waals surface area contributed by atoms with Crippen molar-refractivity contribution in [3.63, 3.8) is 0 Å². The van der Waals surface area contributed by atoms with E-state index in [0.29, 0.717) is 36.8 Å². The molecule has 4 rings (SSSR count). The average molecular weight is 465 g/mol. The number of hydrogen-bond donors (Lipinski definition) is 0. The van der Waals surface area contributed by atoms with Crippen molar-refractivity contribution in [1.82, 2.24) is 9.21 Å². The van der Waals surface area contributed by atoms with E-state index < -0.39 is 10.0 Å². The molecule has 172 valence electrons. The lowest BCUT2D eigenvalue weighted by atomic mass is 10.1. The van der Waals surface area contributed by atoms with E-state index in [1.165, 1.54) is 6.92 Å². The van der Waals surface area contributed by atoms with Gasteiger partial charge in [-0.2, -0.15) is 4.31 Å². The van der Waals surface area contributed by atoms with Crippen molar-refractivity contribution in [2.24, 2.45) is 0 Å². The highest BCUT2D eigenvalue weighted by Gasteiger charge is 2.27. The van der Waals surface area contributed by atoms with Crippen molar-refractivity contribution < 1.29 is 17.9 Å². The Kier molecular flexibility index (Phi) is 7.23. The number of rotatable bonds is 6. The Bertz CT molecular complexity index is 1190. The molecular weight excluding hydrogens is 436 g/mol. The molecule has 1 heterocycles. The first kappa shape index (κ1) is 23.2. The Balaban J connectivity index is 1.41. The summed E-state index contributed by atoms with van der Waals surface area (Å²) in [6, 6.07) is 24.5. The molecule has 0 saturated carbocycles. The minimum absolute atomic E-state index is 0.324. The maximum absolute atomic E-state index is 13.3. The van der Waals surface area contributed by atoms with E-state index >= 15 is 0 Å². The predicted octanol–water partition coefficient (Wildman–Crippen LogP) is 4.18. The van der Waals surface area contributed by atoms with Gasteiger partial charge in [-0.1, -0.05) is 54.6 Å². The monoisotopic (exact) mass is 464 g/mol. The van der Waals surface area contributed by atoms with Gasteiger partial charge in [-0.15, -0.1) is 0 Å². The molecule has 0 aromatic heterocycles. The van der Waals surface area contributed by atoms with Crippen LogP contribution in [0.15, 0.2) is 83.8 Å². The summed E-state index contributed by atoms with van der Waals surface area (Å²) in [6.07, 6.45) is 0.755. The molecule has 0 N–H and O–H groups in total. The molecule has 0 spiro atoms. The molecular formula is C26H28N2O4S. The standard InChI is InChI=1S/C26H28N2O4S/c1-21(29)32-25-10-5-7-22(19-25)20-27-15-6-16-28(18-17-27)33(30,31)26-13-11-24(12-14-26)23-8-3-2-4-9-23/h2-5,7-14,19H,6,15-18,20H2,1H3. The van der Waals surface area contributed by atoms with Crippen LogP contribution in [0.1, 0.15) is 18.9 Å². The van der Waals surface area contributed by atoms with Crippen LogP contribution in [0.4, 0.5) is 0 Å². The smallest absolute Gasteiger partial charge is 0.308 e. The van der Waals surface area contributed by atoms with Gasteiger partial charge in [-0.05, 0) is 53.9 Å². The van der Waals surface area contributed by atoms with Gasteiger partial charge in [0.1, 0.15) is 5.75 Å². The molecule has 1 fully saturated rings. The Morgan fingerprint density at radius 1 is 0.848 bits per heavy atom. The fraction of sp³-hybridized carbons (Fsp3) is 0.269. The summed E-state index contributed by atoms with van der Waals surface area (Å²) >= 11 is 0. The maximum Gasteiger partial charge on any atom is 0.308 e.